The monoisotopic (exact) mass is 382 g/mol. The van der Waals surface area contributed by atoms with E-state index >= 15 is 0 Å². The fourth-order valence-corrected chi connectivity index (χ4v) is 3.20. The molecule has 2 aromatic rings. The zero-order valence-electron chi connectivity index (χ0n) is 16.1. The Labute approximate surface area is 165 Å². The summed E-state index contributed by atoms with van der Waals surface area (Å²) in [5.41, 5.74) is 2.45. The van der Waals surface area contributed by atoms with Crippen LogP contribution in [0.3, 0.4) is 0 Å². The lowest BCUT2D eigenvalue weighted by molar-refractivity contribution is -0.116. The van der Waals surface area contributed by atoms with Crippen LogP contribution in [0.4, 0.5) is 11.4 Å². The fourth-order valence-electron chi connectivity index (χ4n) is 3.20. The van der Waals surface area contributed by atoms with Crippen LogP contribution in [-0.2, 0) is 9.53 Å². The number of nitrogens with one attached hydrogen (secondary N) is 1. The van der Waals surface area contributed by atoms with Crippen molar-refractivity contribution in [2.75, 3.05) is 43.6 Å². The molecule has 1 heterocycles. The standard InChI is InChI=1S/C22H26N2O4/c1-27-18-11-9-17(10-12-18)21(25)7-4-8-22(26)23-19-5-2-3-6-20(19)24-13-15-28-16-14-24/h2-3,5-6,9-12H,4,7-8,13-16H2,1H3,(H,23,26). The SMILES string of the molecule is COc1ccc(C(=O)CCCC(=O)Nc2ccccc2N2CCOCC2)cc1. The Hall–Kier alpha value is -2.86. The van der Waals surface area contributed by atoms with Crippen molar-refractivity contribution >= 4 is 23.1 Å². The number of ether oxygens (including phenoxy) is 2. The summed E-state index contributed by atoms with van der Waals surface area (Å²) in [5.74, 6) is 0.669. The third-order valence-electron chi connectivity index (χ3n) is 4.75. The summed E-state index contributed by atoms with van der Waals surface area (Å²) in [7, 11) is 1.59. The molecule has 6 heteroatoms. The molecule has 1 aliphatic heterocycles. The molecule has 0 atom stereocenters. The minimum Gasteiger partial charge on any atom is -0.497 e. The summed E-state index contributed by atoms with van der Waals surface area (Å²) >= 11 is 0. The molecule has 6 nitrogen and oxygen atoms in total. The molecule has 1 fully saturated rings. The number of nitrogens with zero attached hydrogens (tertiary/aromatic N) is 1. The number of hydrogen-bond donors (Lipinski definition) is 1. The number of anilines is 2. The van der Waals surface area contributed by atoms with E-state index in [-0.39, 0.29) is 11.7 Å². The average Bonchev–Trinajstić information content (AvgIpc) is 2.74. The number of morpholine rings is 1. The van der Waals surface area contributed by atoms with Crippen LogP contribution in [0.25, 0.3) is 0 Å². The van der Waals surface area contributed by atoms with Crippen LogP contribution >= 0.6 is 0 Å². The topological polar surface area (TPSA) is 67.9 Å². The van der Waals surface area contributed by atoms with Crippen molar-refractivity contribution in [3.63, 3.8) is 0 Å². The molecular weight excluding hydrogens is 356 g/mol. The van der Waals surface area contributed by atoms with E-state index < -0.39 is 0 Å². The van der Waals surface area contributed by atoms with Crippen LogP contribution in [0.1, 0.15) is 29.6 Å². The first-order valence-electron chi connectivity index (χ1n) is 9.56. The number of Topliss-reactive ketones (excluding diaryl/α,β-unsaturated/α-hetero) is 1. The first-order chi connectivity index (χ1) is 13.7. The van der Waals surface area contributed by atoms with Crippen molar-refractivity contribution in [3.8, 4) is 5.75 Å². The lowest BCUT2D eigenvalue weighted by atomic mass is 10.1. The number of rotatable bonds is 8. The molecule has 0 unspecified atom stereocenters. The molecule has 0 bridgehead atoms. The van der Waals surface area contributed by atoms with Gasteiger partial charge in [-0.25, -0.2) is 0 Å². The van der Waals surface area contributed by atoms with Crippen LogP contribution < -0.4 is 15.0 Å². The summed E-state index contributed by atoms with van der Waals surface area (Å²) in [5, 5.41) is 2.99. The van der Waals surface area contributed by atoms with Gasteiger partial charge in [0.15, 0.2) is 5.78 Å². The van der Waals surface area contributed by atoms with Crippen LogP contribution in [0.5, 0.6) is 5.75 Å². The van der Waals surface area contributed by atoms with Crippen LogP contribution in [0.15, 0.2) is 48.5 Å². The number of carbonyl (C=O) groups excluding carboxylic acids is 2. The highest BCUT2D eigenvalue weighted by Crippen LogP contribution is 2.26. The zero-order chi connectivity index (χ0) is 19.8. The van der Waals surface area contributed by atoms with E-state index in [0.717, 1.165) is 30.2 Å². The van der Waals surface area contributed by atoms with Crippen molar-refractivity contribution in [1.82, 2.24) is 0 Å². The van der Waals surface area contributed by atoms with Gasteiger partial charge in [-0.05, 0) is 42.8 Å². The molecule has 1 amide bonds. The molecule has 28 heavy (non-hydrogen) atoms. The summed E-state index contributed by atoms with van der Waals surface area (Å²) in [6.45, 7) is 3.00. The van der Waals surface area contributed by atoms with Gasteiger partial charge < -0.3 is 19.7 Å². The number of carbonyl (C=O) groups is 2. The molecule has 2 aromatic carbocycles. The van der Waals surface area contributed by atoms with Crippen LogP contribution in [0, 0.1) is 0 Å². The number of amides is 1. The van der Waals surface area contributed by atoms with Gasteiger partial charge >= 0.3 is 0 Å². The molecular formula is C22H26N2O4. The highest BCUT2D eigenvalue weighted by atomic mass is 16.5. The van der Waals surface area contributed by atoms with Crippen LogP contribution in [0.2, 0.25) is 0 Å². The quantitative estimate of drug-likeness (QED) is 0.708. The predicted octanol–water partition coefficient (Wildman–Crippen LogP) is 3.52. The lowest BCUT2D eigenvalue weighted by Gasteiger charge is -2.30. The van der Waals surface area contributed by atoms with E-state index in [9.17, 15) is 9.59 Å². The summed E-state index contributed by atoms with van der Waals surface area (Å²) in [6.07, 6.45) is 1.15. The highest BCUT2D eigenvalue weighted by molar-refractivity contribution is 5.97. The minimum absolute atomic E-state index is 0.0316. The third kappa shape index (κ3) is 5.33. The number of methoxy groups -OCH3 is 1. The molecule has 0 spiro atoms. The normalized spacial score (nSPS) is 13.8. The number of para-hydroxylation sites is 2. The minimum atomic E-state index is -0.0803. The maximum Gasteiger partial charge on any atom is 0.224 e. The molecule has 1 saturated heterocycles. The van der Waals surface area contributed by atoms with Gasteiger partial charge in [0.05, 0.1) is 31.7 Å². The second-order valence-electron chi connectivity index (χ2n) is 6.67. The number of benzene rings is 2. The molecule has 0 saturated carbocycles. The van der Waals surface area contributed by atoms with Crippen molar-refractivity contribution in [3.05, 3.63) is 54.1 Å². The van der Waals surface area contributed by atoms with Gasteiger partial charge in [0.25, 0.3) is 0 Å². The Kier molecular flexibility index (Phi) is 7.03. The van der Waals surface area contributed by atoms with Crippen molar-refractivity contribution < 1.29 is 19.1 Å². The second-order valence-corrected chi connectivity index (χ2v) is 6.67. The smallest absolute Gasteiger partial charge is 0.224 e. The molecule has 0 aliphatic carbocycles. The van der Waals surface area contributed by atoms with E-state index in [1.807, 2.05) is 24.3 Å². The molecule has 1 aliphatic rings. The van der Waals surface area contributed by atoms with Crippen molar-refractivity contribution in [1.29, 1.82) is 0 Å². The van der Waals surface area contributed by atoms with Crippen molar-refractivity contribution in [2.45, 2.75) is 19.3 Å². The Balaban J connectivity index is 1.50. The van der Waals surface area contributed by atoms with Gasteiger partial charge in [-0.1, -0.05) is 12.1 Å². The first-order valence-corrected chi connectivity index (χ1v) is 9.56. The number of hydrogen-bond acceptors (Lipinski definition) is 5. The van der Waals surface area contributed by atoms with Gasteiger partial charge in [-0.2, -0.15) is 0 Å². The highest BCUT2D eigenvalue weighted by Gasteiger charge is 2.16. The van der Waals surface area contributed by atoms with Crippen molar-refractivity contribution in [2.24, 2.45) is 0 Å². The van der Waals surface area contributed by atoms with E-state index in [0.29, 0.717) is 38.0 Å². The maximum absolute atomic E-state index is 12.4. The average molecular weight is 382 g/mol. The largest absolute Gasteiger partial charge is 0.497 e. The summed E-state index contributed by atoms with van der Waals surface area (Å²) in [4.78, 5) is 26.8. The maximum atomic E-state index is 12.4. The van der Waals surface area contributed by atoms with E-state index in [4.69, 9.17) is 9.47 Å². The van der Waals surface area contributed by atoms with Gasteiger partial charge in [-0.3, -0.25) is 9.59 Å². The number of ketones is 1. The van der Waals surface area contributed by atoms with Gasteiger partial charge in [0.1, 0.15) is 5.75 Å². The van der Waals surface area contributed by atoms with Crippen LogP contribution in [-0.4, -0.2) is 45.1 Å². The second kappa shape index (κ2) is 9.90. The summed E-state index contributed by atoms with van der Waals surface area (Å²) in [6, 6.07) is 14.8. The molecule has 148 valence electrons. The Morgan fingerprint density at radius 2 is 1.75 bits per heavy atom. The van der Waals surface area contributed by atoms with E-state index in [1.54, 1.807) is 31.4 Å². The molecule has 0 aromatic heterocycles. The summed E-state index contributed by atoms with van der Waals surface area (Å²) < 4.78 is 10.5. The lowest BCUT2D eigenvalue weighted by Crippen LogP contribution is -2.36. The van der Waals surface area contributed by atoms with Gasteiger partial charge in [-0.15, -0.1) is 0 Å². The molecule has 1 N–H and O–H groups in total. The molecule has 3 rings (SSSR count). The van der Waals surface area contributed by atoms with E-state index in [2.05, 4.69) is 10.2 Å². The Bertz CT molecular complexity index is 798. The predicted molar refractivity (Wildman–Crippen MR) is 109 cm³/mol. The fraction of sp³-hybridized carbons (Fsp3) is 0.364. The van der Waals surface area contributed by atoms with Gasteiger partial charge in [0, 0.05) is 31.5 Å². The van der Waals surface area contributed by atoms with E-state index in [1.165, 1.54) is 0 Å². The third-order valence-corrected chi connectivity index (χ3v) is 4.75. The Morgan fingerprint density at radius 3 is 2.46 bits per heavy atom. The molecule has 0 radical (unpaired) electrons. The first kappa shape index (κ1) is 19.9. The Morgan fingerprint density at radius 1 is 1.04 bits per heavy atom. The van der Waals surface area contributed by atoms with Gasteiger partial charge in [0.2, 0.25) is 5.91 Å². The zero-order valence-corrected chi connectivity index (χ0v) is 16.1.